The average Bonchev–Trinajstić information content (AvgIpc) is 1.97. The molecular formula is C8H19NSn+2. The van der Waals surface area contributed by atoms with E-state index in [2.05, 4.69) is 26.1 Å². The molecule has 0 aromatic carbocycles. The van der Waals surface area contributed by atoms with Crippen molar-refractivity contribution in [3.05, 3.63) is 0 Å². The van der Waals surface area contributed by atoms with Crippen molar-refractivity contribution >= 4 is 21.1 Å². The van der Waals surface area contributed by atoms with Crippen LogP contribution in [0.25, 0.3) is 0 Å². The molecule has 58 valence electrons. The molecule has 0 saturated heterocycles. The molecule has 1 N–H and O–H groups in total. The molecule has 0 radical (unpaired) electrons. The molecule has 0 saturated carbocycles. The molecule has 0 aromatic heterocycles. The van der Waals surface area contributed by atoms with Crippen molar-refractivity contribution in [1.82, 2.24) is 5.32 Å². The van der Waals surface area contributed by atoms with Crippen LogP contribution in [0.2, 0.25) is 8.87 Å². The van der Waals surface area contributed by atoms with Crippen LogP contribution in [0.3, 0.4) is 0 Å². The van der Waals surface area contributed by atoms with E-state index in [1.165, 1.54) is 11.0 Å². The van der Waals surface area contributed by atoms with Gasteiger partial charge < -0.3 is 0 Å². The third-order valence-electron chi connectivity index (χ3n) is 1.49. The molecular weight excluding hydrogens is 229 g/mol. The summed E-state index contributed by atoms with van der Waals surface area (Å²) in [5, 5.41) is 3.38. The Morgan fingerprint density at radius 2 is 2.10 bits per heavy atom. The van der Waals surface area contributed by atoms with Gasteiger partial charge in [0.15, 0.2) is 0 Å². The molecule has 0 aliphatic heterocycles. The molecule has 0 bridgehead atoms. The minimum absolute atomic E-state index is 0.0654. The molecule has 0 aromatic rings. The van der Waals surface area contributed by atoms with Gasteiger partial charge in [0.2, 0.25) is 0 Å². The van der Waals surface area contributed by atoms with Crippen LogP contribution in [-0.2, 0) is 0 Å². The number of hydrogen-bond donors (Lipinski definition) is 1. The van der Waals surface area contributed by atoms with E-state index in [9.17, 15) is 0 Å². The maximum atomic E-state index is 3.38. The van der Waals surface area contributed by atoms with Crippen LogP contribution in [-0.4, -0.2) is 34.2 Å². The van der Waals surface area contributed by atoms with Gasteiger partial charge in [-0.2, -0.15) is 0 Å². The summed E-state index contributed by atoms with van der Waals surface area (Å²) in [7, 11) is 0. The summed E-state index contributed by atoms with van der Waals surface area (Å²) in [6, 6.07) is 0. The van der Waals surface area contributed by atoms with Crippen LogP contribution in [0.5, 0.6) is 0 Å². The molecule has 0 fully saturated rings. The van der Waals surface area contributed by atoms with Crippen molar-refractivity contribution in [2.75, 3.05) is 13.1 Å². The SMILES string of the molecule is CCNCC(C)[CH2][Sn+2][CH2]C. The quantitative estimate of drug-likeness (QED) is 0.706. The standard InChI is InChI=1S/C6H14N.C2H5.Sn/c1-4-7-5-6(2)3;1-2;/h6-7H,2,4-5H2,1,3H3;1H2,2H3;/q;;+2. The fraction of sp³-hybridized carbons (Fsp3) is 1.00. The van der Waals surface area contributed by atoms with Crippen LogP contribution < -0.4 is 5.32 Å². The molecule has 0 aliphatic carbocycles. The normalized spacial score (nSPS) is 12.7. The van der Waals surface area contributed by atoms with Gasteiger partial charge in [-0.15, -0.1) is 0 Å². The summed E-state index contributed by atoms with van der Waals surface area (Å²) in [5.74, 6) is 0.937. The Balaban J connectivity index is 3.00. The zero-order valence-corrected chi connectivity index (χ0v) is 10.3. The van der Waals surface area contributed by atoms with Crippen LogP contribution in [0.4, 0.5) is 0 Å². The number of rotatable bonds is 6. The van der Waals surface area contributed by atoms with Crippen molar-refractivity contribution in [2.24, 2.45) is 5.92 Å². The zero-order chi connectivity index (χ0) is 7.82. The Morgan fingerprint density at radius 3 is 2.60 bits per heavy atom. The second-order valence-corrected chi connectivity index (χ2v) is 7.33. The first-order valence-corrected chi connectivity index (χ1v) is 8.26. The van der Waals surface area contributed by atoms with Crippen LogP contribution in [0.1, 0.15) is 20.8 Å². The van der Waals surface area contributed by atoms with Gasteiger partial charge in [0.05, 0.1) is 0 Å². The molecule has 1 unspecified atom stereocenters. The van der Waals surface area contributed by atoms with E-state index >= 15 is 0 Å². The summed E-state index contributed by atoms with van der Waals surface area (Å²) in [6.45, 7) is 9.22. The average molecular weight is 248 g/mol. The third-order valence-corrected chi connectivity index (χ3v) is 5.73. The summed E-state index contributed by atoms with van der Waals surface area (Å²) in [5.41, 5.74) is 0. The van der Waals surface area contributed by atoms with E-state index in [4.69, 9.17) is 0 Å². The molecule has 10 heavy (non-hydrogen) atoms. The maximum absolute atomic E-state index is 3.38. The monoisotopic (exact) mass is 249 g/mol. The summed E-state index contributed by atoms with van der Waals surface area (Å²) >= 11 is 0.0654. The van der Waals surface area contributed by atoms with Crippen molar-refractivity contribution in [3.8, 4) is 0 Å². The van der Waals surface area contributed by atoms with Gasteiger partial charge in [-0.3, -0.25) is 0 Å². The van der Waals surface area contributed by atoms with E-state index in [0.29, 0.717) is 0 Å². The van der Waals surface area contributed by atoms with Gasteiger partial charge in [-0.1, -0.05) is 0 Å². The van der Waals surface area contributed by atoms with E-state index in [-0.39, 0.29) is 21.1 Å². The Bertz CT molecular complexity index is 58.3. The fourth-order valence-electron chi connectivity index (χ4n) is 0.854. The van der Waals surface area contributed by atoms with Crippen molar-refractivity contribution in [3.63, 3.8) is 0 Å². The first-order chi connectivity index (χ1) is 4.81. The molecule has 1 atom stereocenters. The third kappa shape index (κ3) is 6.87. The fourth-order valence-corrected chi connectivity index (χ4v) is 3.50. The predicted octanol–water partition coefficient (Wildman–Crippen LogP) is 1.79. The molecule has 2 heteroatoms. The molecule has 0 heterocycles. The van der Waals surface area contributed by atoms with Gasteiger partial charge in [0.25, 0.3) is 0 Å². The van der Waals surface area contributed by atoms with E-state index in [1.54, 1.807) is 4.44 Å². The number of nitrogens with one attached hydrogen (secondary N) is 1. The molecule has 0 spiro atoms. The molecule has 1 nitrogen and oxygen atoms in total. The molecule has 0 rings (SSSR count). The van der Waals surface area contributed by atoms with E-state index in [1.807, 2.05) is 0 Å². The minimum atomic E-state index is 0.0654. The van der Waals surface area contributed by atoms with Crippen LogP contribution in [0.15, 0.2) is 0 Å². The Morgan fingerprint density at radius 1 is 1.40 bits per heavy atom. The van der Waals surface area contributed by atoms with E-state index < -0.39 is 0 Å². The second-order valence-electron chi connectivity index (χ2n) is 2.72. The Kier molecular flexibility index (Phi) is 8.46. The molecule has 0 aliphatic rings. The Labute approximate surface area is 75.2 Å². The van der Waals surface area contributed by atoms with Gasteiger partial charge >= 0.3 is 75.1 Å². The zero-order valence-electron chi connectivity index (χ0n) is 7.41. The summed E-state index contributed by atoms with van der Waals surface area (Å²) < 4.78 is 3.05. The topological polar surface area (TPSA) is 12.0 Å². The second kappa shape index (κ2) is 7.86. The van der Waals surface area contributed by atoms with Crippen molar-refractivity contribution in [1.29, 1.82) is 0 Å². The Hall–Kier alpha value is 0.759. The predicted molar refractivity (Wildman–Crippen MR) is 48.7 cm³/mol. The van der Waals surface area contributed by atoms with Gasteiger partial charge in [0.1, 0.15) is 0 Å². The van der Waals surface area contributed by atoms with E-state index in [0.717, 1.165) is 12.5 Å². The van der Waals surface area contributed by atoms with Gasteiger partial charge in [0, 0.05) is 0 Å². The van der Waals surface area contributed by atoms with Gasteiger partial charge in [-0.25, -0.2) is 0 Å². The number of hydrogen-bond acceptors (Lipinski definition) is 1. The molecule has 0 amide bonds. The summed E-state index contributed by atoms with van der Waals surface area (Å²) in [6.07, 6.45) is 0. The van der Waals surface area contributed by atoms with Crippen LogP contribution in [0, 0.1) is 5.92 Å². The summed E-state index contributed by atoms with van der Waals surface area (Å²) in [4.78, 5) is 0. The van der Waals surface area contributed by atoms with Gasteiger partial charge in [-0.05, 0) is 0 Å². The first kappa shape index (κ1) is 10.8. The van der Waals surface area contributed by atoms with Crippen molar-refractivity contribution < 1.29 is 0 Å². The first-order valence-electron chi connectivity index (χ1n) is 4.22. The van der Waals surface area contributed by atoms with Crippen LogP contribution >= 0.6 is 0 Å². The van der Waals surface area contributed by atoms with Crippen molar-refractivity contribution in [2.45, 2.75) is 29.6 Å².